The standard InChI is InChI=1S/C25H36N2O/c1-3-25(22-15-8-7-9-16-22,27-23-17-10-5-4-6-11-18-23)26-20-21-14-12-13-19-24(21)28-2/h7-9,12-16,19,23,26-27H,3-6,10-11,17-18,20H2,1-2H3. The molecule has 0 heterocycles. The molecule has 0 aromatic heterocycles. The Bertz CT molecular complexity index is 695. The van der Waals surface area contributed by atoms with Crippen molar-refractivity contribution in [1.29, 1.82) is 0 Å². The normalized spacial score (nSPS) is 18.1. The topological polar surface area (TPSA) is 33.3 Å². The largest absolute Gasteiger partial charge is 0.496 e. The molecule has 1 saturated carbocycles. The number of nitrogens with one attached hydrogen (secondary N) is 2. The molecule has 1 aliphatic carbocycles. The van der Waals surface area contributed by atoms with Crippen molar-refractivity contribution in [2.75, 3.05) is 7.11 Å². The third-order valence-corrected chi connectivity index (χ3v) is 6.13. The molecule has 1 aliphatic rings. The number of hydrogen-bond acceptors (Lipinski definition) is 3. The lowest BCUT2D eigenvalue weighted by Crippen LogP contribution is -2.57. The second kappa shape index (κ2) is 10.6. The highest BCUT2D eigenvalue weighted by Gasteiger charge is 2.32. The maximum atomic E-state index is 5.57. The molecule has 0 bridgehead atoms. The Hall–Kier alpha value is -1.84. The summed E-state index contributed by atoms with van der Waals surface area (Å²) >= 11 is 0. The Balaban J connectivity index is 1.83. The maximum absolute atomic E-state index is 5.57. The lowest BCUT2D eigenvalue weighted by Gasteiger charge is -2.40. The van der Waals surface area contributed by atoms with Crippen LogP contribution in [-0.2, 0) is 12.2 Å². The van der Waals surface area contributed by atoms with E-state index in [2.05, 4.69) is 60.0 Å². The summed E-state index contributed by atoms with van der Waals surface area (Å²) in [7, 11) is 1.75. The minimum Gasteiger partial charge on any atom is -0.496 e. The van der Waals surface area contributed by atoms with Crippen molar-refractivity contribution in [3.63, 3.8) is 0 Å². The van der Waals surface area contributed by atoms with E-state index in [4.69, 9.17) is 4.74 Å². The number of para-hydroxylation sites is 1. The summed E-state index contributed by atoms with van der Waals surface area (Å²) in [6, 6.07) is 19.7. The summed E-state index contributed by atoms with van der Waals surface area (Å²) in [5.74, 6) is 0.944. The molecule has 2 aromatic rings. The van der Waals surface area contributed by atoms with Crippen LogP contribution in [0.5, 0.6) is 5.75 Å². The average Bonchev–Trinajstić information content (AvgIpc) is 2.73. The lowest BCUT2D eigenvalue weighted by atomic mass is 9.91. The zero-order valence-electron chi connectivity index (χ0n) is 17.5. The molecular formula is C25H36N2O. The van der Waals surface area contributed by atoms with Crippen LogP contribution in [0.1, 0.15) is 69.4 Å². The zero-order valence-corrected chi connectivity index (χ0v) is 17.5. The van der Waals surface area contributed by atoms with E-state index >= 15 is 0 Å². The Morgan fingerprint density at radius 3 is 2.21 bits per heavy atom. The van der Waals surface area contributed by atoms with Crippen LogP contribution >= 0.6 is 0 Å². The van der Waals surface area contributed by atoms with Gasteiger partial charge in [-0.1, -0.05) is 87.6 Å². The fourth-order valence-electron chi connectivity index (χ4n) is 4.43. The van der Waals surface area contributed by atoms with Gasteiger partial charge in [-0.25, -0.2) is 0 Å². The van der Waals surface area contributed by atoms with Crippen LogP contribution in [0.15, 0.2) is 54.6 Å². The molecule has 0 aliphatic heterocycles. The van der Waals surface area contributed by atoms with Crippen LogP contribution in [-0.4, -0.2) is 13.2 Å². The van der Waals surface area contributed by atoms with Gasteiger partial charge in [0.05, 0.1) is 12.8 Å². The van der Waals surface area contributed by atoms with Crippen molar-refractivity contribution in [3.8, 4) is 5.75 Å². The molecule has 2 aromatic carbocycles. The number of methoxy groups -OCH3 is 1. The molecule has 2 N–H and O–H groups in total. The molecule has 3 nitrogen and oxygen atoms in total. The van der Waals surface area contributed by atoms with Crippen LogP contribution in [0.4, 0.5) is 0 Å². The van der Waals surface area contributed by atoms with Crippen LogP contribution in [0.3, 0.4) is 0 Å². The van der Waals surface area contributed by atoms with Gasteiger partial charge in [0.2, 0.25) is 0 Å². The molecule has 1 fully saturated rings. The predicted octanol–water partition coefficient (Wildman–Crippen LogP) is 5.75. The number of rotatable bonds is 8. The van der Waals surface area contributed by atoms with E-state index < -0.39 is 0 Å². The van der Waals surface area contributed by atoms with Gasteiger partial charge >= 0.3 is 0 Å². The van der Waals surface area contributed by atoms with Gasteiger partial charge in [-0.3, -0.25) is 10.6 Å². The molecule has 0 radical (unpaired) electrons. The third-order valence-electron chi connectivity index (χ3n) is 6.13. The number of ether oxygens (including phenoxy) is 1. The van der Waals surface area contributed by atoms with Crippen LogP contribution < -0.4 is 15.4 Å². The van der Waals surface area contributed by atoms with Crippen LogP contribution in [0.25, 0.3) is 0 Å². The summed E-state index contributed by atoms with van der Waals surface area (Å²) in [5, 5.41) is 7.94. The first-order chi connectivity index (χ1) is 13.8. The van der Waals surface area contributed by atoms with Gasteiger partial charge in [-0.15, -0.1) is 0 Å². The second-order valence-corrected chi connectivity index (χ2v) is 7.98. The third kappa shape index (κ3) is 5.36. The summed E-state index contributed by atoms with van der Waals surface area (Å²) in [4.78, 5) is 0. The Morgan fingerprint density at radius 1 is 0.893 bits per heavy atom. The van der Waals surface area contributed by atoms with E-state index in [1.54, 1.807) is 7.11 Å². The summed E-state index contributed by atoms with van der Waals surface area (Å²) in [6.07, 6.45) is 10.3. The molecule has 3 rings (SSSR count). The highest BCUT2D eigenvalue weighted by atomic mass is 16.5. The Labute approximate surface area is 170 Å². The molecule has 0 saturated heterocycles. The molecule has 1 atom stereocenters. The summed E-state index contributed by atoms with van der Waals surface area (Å²) in [5.41, 5.74) is 2.28. The minimum atomic E-state index is -0.230. The van der Waals surface area contributed by atoms with E-state index in [1.165, 1.54) is 56.1 Å². The lowest BCUT2D eigenvalue weighted by molar-refractivity contribution is 0.197. The first kappa shape index (κ1) is 20.9. The highest BCUT2D eigenvalue weighted by Crippen LogP contribution is 2.28. The smallest absolute Gasteiger partial charge is 0.123 e. The van der Waals surface area contributed by atoms with E-state index in [9.17, 15) is 0 Å². The number of benzene rings is 2. The summed E-state index contributed by atoms with van der Waals surface area (Å²) < 4.78 is 5.57. The van der Waals surface area contributed by atoms with Gasteiger partial charge in [-0.2, -0.15) is 0 Å². The van der Waals surface area contributed by atoms with Gasteiger partial charge in [0.15, 0.2) is 0 Å². The summed E-state index contributed by atoms with van der Waals surface area (Å²) in [6.45, 7) is 3.05. The van der Waals surface area contributed by atoms with Crippen molar-refractivity contribution in [3.05, 3.63) is 65.7 Å². The van der Waals surface area contributed by atoms with Crippen molar-refractivity contribution < 1.29 is 4.74 Å². The predicted molar refractivity (Wildman–Crippen MR) is 117 cm³/mol. The van der Waals surface area contributed by atoms with Gasteiger partial charge in [0.1, 0.15) is 5.75 Å². The molecule has 3 heteroatoms. The van der Waals surface area contributed by atoms with E-state index in [-0.39, 0.29) is 5.66 Å². The average molecular weight is 381 g/mol. The van der Waals surface area contributed by atoms with Gasteiger partial charge in [0, 0.05) is 18.2 Å². The van der Waals surface area contributed by atoms with Gasteiger partial charge in [0.25, 0.3) is 0 Å². The molecule has 1 unspecified atom stereocenters. The quantitative estimate of drug-likeness (QED) is 0.572. The Kier molecular flexibility index (Phi) is 7.93. The SMILES string of the molecule is CCC(NCc1ccccc1OC)(NC1CCCCCCC1)c1ccccc1. The fraction of sp³-hybridized carbons (Fsp3) is 0.520. The second-order valence-electron chi connectivity index (χ2n) is 7.98. The maximum Gasteiger partial charge on any atom is 0.123 e. The number of hydrogen-bond donors (Lipinski definition) is 2. The minimum absolute atomic E-state index is 0.230. The van der Waals surface area contributed by atoms with Crippen molar-refractivity contribution in [2.24, 2.45) is 0 Å². The first-order valence-electron chi connectivity index (χ1n) is 11.0. The molecule has 152 valence electrons. The van der Waals surface area contributed by atoms with Crippen LogP contribution in [0.2, 0.25) is 0 Å². The van der Waals surface area contributed by atoms with E-state index in [0.29, 0.717) is 6.04 Å². The Morgan fingerprint density at radius 2 is 1.54 bits per heavy atom. The molecule has 0 spiro atoms. The van der Waals surface area contributed by atoms with Crippen molar-refractivity contribution >= 4 is 0 Å². The highest BCUT2D eigenvalue weighted by molar-refractivity contribution is 5.33. The van der Waals surface area contributed by atoms with E-state index in [0.717, 1.165) is 18.7 Å². The molecule has 28 heavy (non-hydrogen) atoms. The monoisotopic (exact) mass is 380 g/mol. The zero-order chi connectivity index (χ0) is 19.7. The fourth-order valence-corrected chi connectivity index (χ4v) is 4.43. The van der Waals surface area contributed by atoms with Gasteiger partial charge < -0.3 is 4.74 Å². The van der Waals surface area contributed by atoms with Crippen LogP contribution in [0, 0.1) is 0 Å². The first-order valence-corrected chi connectivity index (χ1v) is 11.0. The van der Waals surface area contributed by atoms with Crippen molar-refractivity contribution in [1.82, 2.24) is 10.6 Å². The van der Waals surface area contributed by atoms with E-state index in [1.807, 2.05) is 12.1 Å². The van der Waals surface area contributed by atoms with Gasteiger partial charge in [-0.05, 0) is 30.9 Å². The van der Waals surface area contributed by atoms with Crippen molar-refractivity contribution in [2.45, 2.75) is 76.5 Å². The molecule has 0 amide bonds. The molecular weight excluding hydrogens is 344 g/mol.